The minimum absolute atomic E-state index is 0.164. The van der Waals surface area contributed by atoms with Crippen LogP contribution in [0.1, 0.15) is 21.5 Å². The predicted octanol–water partition coefficient (Wildman–Crippen LogP) is 4.77. The maximum atomic E-state index is 12.5. The van der Waals surface area contributed by atoms with Crippen LogP contribution < -0.4 is 5.32 Å². The molecule has 3 aromatic rings. The van der Waals surface area contributed by atoms with Gasteiger partial charge in [0.15, 0.2) is 0 Å². The first kappa shape index (κ1) is 17.6. The molecule has 0 aliphatic heterocycles. The highest BCUT2D eigenvalue weighted by Crippen LogP contribution is 2.21. The summed E-state index contributed by atoms with van der Waals surface area (Å²) >= 11 is 0. The van der Waals surface area contributed by atoms with Gasteiger partial charge in [0, 0.05) is 29.7 Å². The summed E-state index contributed by atoms with van der Waals surface area (Å²) < 4.78 is 36.7. The van der Waals surface area contributed by atoms with Crippen molar-refractivity contribution in [3.05, 3.63) is 71.6 Å². The summed E-state index contributed by atoms with van der Waals surface area (Å²) in [7, 11) is 0. The third-order valence-corrected chi connectivity index (χ3v) is 3.69. The number of aromatic nitrogens is 2. The van der Waals surface area contributed by atoms with Crippen LogP contribution in [0.5, 0.6) is 0 Å². The molecule has 26 heavy (non-hydrogen) atoms. The second kappa shape index (κ2) is 6.95. The van der Waals surface area contributed by atoms with Crippen LogP contribution in [0.25, 0.3) is 17.1 Å². The maximum absolute atomic E-state index is 12.5. The van der Waals surface area contributed by atoms with Gasteiger partial charge in [-0.25, -0.2) is 0 Å². The Morgan fingerprint density at radius 1 is 1.04 bits per heavy atom. The Labute approximate surface area is 147 Å². The molecule has 0 aliphatic carbocycles. The molecule has 1 heterocycles. The second-order valence-corrected chi connectivity index (χ2v) is 5.66. The quantitative estimate of drug-likeness (QED) is 0.735. The summed E-state index contributed by atoms with van der Waals surface area (Å²) in [6, 6.07) is 9.66. The number of carbonyl (C=O) groups is 1. The third-order valence-electron chi connectivity index (χ3n) is 3.69. The predicted molar refractivity (Wildman–Crippen MR) is 93.8 cm³/mol. The van der Waals surface area contributed by atoms with E-state index in [-0.39, 0.29) is 12.0 Å². The highest BCUT2D eigenvalue weighted by atomic mass is 19.4. The fraction of sp³-hybridized carbons (Fsp3) is 0.105. The molecule has 4 nitrogen and oxygen atoms in total. The first-order chi connectivity index (χ1) is 12.3. The molecule has 2 aromatic carbocycles. The number of benzene rings is 2. The molecular weight excluding hydrogens is 343 g/mol. The van der Waals surface area contributed by atoms with Crippen molar-refractivity contribution in [2.75, 3.05) is 5.32 Å². The largest absolute Gasteiger partial charge is 0.409 e. The molecule has 0 atom stereocenters. The average Bonchev–Trinajstić information content (AvgIpc) is 2.59. The Morgan fingerprint density at radius 2 is 1.77 bits per heavy atom. The Kier molecular flexibility index (Phi) is 4.71. The molecule has 0 radical (unpaired) electrons. The Hall–Kier alpha value is -3.22. The van der Waals surface area contributed by atoms with Crippen LogP contribution in [0.15, 0.2) is 54.9 Å². The average molecular weight is 357 g/mol. The number of carbonyl (C=O) groups excluding carboxylic acids is 1. The number of nitrogens with zero attached hydrogens (tertiary/aromatic N) is 2. The number of amides is 1. The second-order valence-electron chi connectivity index (χ2n) is 5.66. The van der Waals surface area contributed by atoms with Crippen molar-refractivity contribution >= 4 is 28.7 Å². The first-order valence-corrected chi connectivity index (χ1v) is 7.70. The first-order valence-electron chi connectivity index (χ1n) is 7.70. The molecule has 1 N–H and O–H groups in total. The molecule has 0 spiro atoms. The van der Waals surface area contributed by atoms with Gasteiger partial charge < -0.3 is 5.32 Å². The van der Waals surface area contributed by atoms with Crippen LogP contribution in [-0.4, -0.2) is 22.1 Å². The van der Waals surface area contributed by atoms with Crippen LogP contribution in [-0.2, 0) is 0 Å². The van der Waals surface area contributed by atoms with Crippen molar-refractivity contribution in [2.45, 2.75) is 13.1 Å². The molecule has 0 bridgehead atoms. The summed E-state index contributed by atoms with van der Waals surface area (Å²) in [5.41, 5.74) is 3.25. The van der Waals surface area contributed by atoms with Crippen molar-refractivity contribution in [1.82, 2.24) is 9.97 Å². The van der Waals surface area contributed by atoms with Crippen LogP contribution in [0.2, 0.25) is 0 Å². The number of anilines is 1. The van der Waals surface area contributed by atoms with Crippen LogP contribution in [0.4, 0.5) is 18.9 Å². The van der Waals surface area contributed by atoms with E-state index in [0.717, 1.165) is 6.08 Å². The number of fused-ring (bicyclic) bond motifs is 1. The van der Waals surface area contributed by atoms with Gasteiger partial charge in [-0.3, -0.25) is 14.8 Å². The number of halogens is 3. The van der Waals surface area contributed by atoms with Gasteiger partial charge in [-0.2, -0.15) is 13.2 Å². The molecule has 1 aromatic heterocycles. The minimum atomic E-state index is -4.37. The Bertz CT molecular complexity index is 997. The molecule has 7 heteroatoms. The van der Waals surface area contributed by atoms with E-state index in [1.807, 2.05) is 0 Å². The molecular formula is C19H14F3N3O. The monoisotopic (exact) mass is 357 g/mol. The van der Waals surface area contributed by atoms with E-state index >= 15 is 0 Å². The number of rotatable bonds is 3. The highest BCUT2D eigenvalue weighted by molar-refractivity contribution is 6.06. The standard InChI is InChI=1S/C19H14F3N3O/c1-12-10-13(6-7-19(20,21)22)2-4-15(12)18(26)25-14-3-5-16-17(11-14)24-9-8-23-16/h2-11H,1H3,(H,25,26)/b7-6+. The number of hydrogen-bond acceptors (Lipinski definition) is 3. The lowest BCUT2D eigenvalue weighted by molar-refractivity contribution is -0.0790. The fourth-order valence-electron chi connectivity index (χ4n) is 2.48. The lowest BCUT2D eigenvalue weighted by Crippen LogP contribution is -2.13. The highest BCUT2D eigenvalue weighted by Gasteiger charge is 2.21. The summed E-state index contributed by atoms with van der Waals surface area (Å²) in [6.07, 6.45) is -0.0960. The van der Waals surface area contributed by atoms with Crippen molar-refractivity contribution < 1.29 is 18.0 Å². The van der Waals surface area contributed by atoms with Crippen molar-refractivity contribution in [1.29, 1.82) is 0 Å². The van der Waals surface area contributed by atoms with Crippen molar-refractivity contribution in [3.8, 4) is 0 Å². The van der Waals surface area contributed by atoms with Crippen LogP contribution >= 0.6 is 0 Å². The van der Waals surface area contributed by atoms with Gasteiger partial charge in [0.25, 0.3) is 5.91 Å². The zero-order chi connectivity index (χ0) is 18.7. The number of alkyl halides is 3. The molecule has 0 fully saturated rings. The van der Waals surface area contributed by atoms with Gasteiger partial charge in [-0.1, -0.05) is 18.2 Å². The van der Waals surface area contributed by atoms with Gasteiger partial charge in [-0.15, -0.1) is 0 Å². The minimum Gasteiger partial charge on any atom is -0.322 e. The van der Waals surface area contributed by atoms with E-state index in [1.165, 1.54) is 18.2 Å². The maximum Gasteiger partial charge on any atom is 0.409 e. The van der Waals surface area contributed by atoms with E-state index in [2.05, 4.69) is 15.3 Å². The van der Waals surface area contributed by atoms with Gasteiger partial charge in [-0.05, 0) is 42.3 Å². The van der Waals surface area contributed by atoms with Crippen LogP contribution in [0, 0.1) is 6.92 Å². The lowest BCUT2D eigenvalue weighted by Gasteiger charge is -2.09. The Balaban J connectivity index is 1.79. The van der Waals surface area contributed by atoms with Gasteiger partial charge >= 0.3 is 6.18 Å². The van der Waals surface area contributed by atoms with Gasteiger partial charge in [0.2, 0.25) is 0 Å². The van der Waals surface area contributed by atoms with E-state index in [9.17, 15) is 18.0 Å². The normalized spacial score (nSPS) is 11.8. The number of hydrogen-bond donors (Lipinski definition) is 1. The van der Waals surface area contributed by atoms with E-state index in [0.29, 0.717) is 33.4 Å². The van der Waals surface area contributed by atoms with Crippen molar-refractivity contribution in [2.24, 2.45) is 0 Å². The SMILES string of the molecule is Cc1cc(/C=C/C(F)(F)F)ccc1C(=O)Nc1ccc2nccnc2c1. The third kappa shape index (κ3) is 4.24. The van der Waals surface area contributed by atoms with Gasteiger partial charge in [0.05, 0.1) is 11.0 Å². The summed E-state index contributed by atoms with van der Waals surface area (Å²) in [5, 5.41) is 2.76. The molecule has 3 rings (SSSR count). The zero-order valence-corrected chi connectivity index (χ0v) is 13.7. The molecule has 0 saturated heterocycles. The summed E-state index contributed by atoms with van der Waals surface area (Å²) in [6.45, 7) is 1.67. The molecule has 0 aliphatic rings. The number of aryl methyl sites for hydroxylation is 1. The van der Waals surface area contributed by atoms with Crippen LogP contribution in [0.3, 0.4) is 0 Å². The van der Waals surface area contributed by atoms with Gasteiger partial charge in [0.1, 0.15) is 0 Å². The topological polar surface area (TPSA) is 54.9 Å². The van der Waals surface area contributed by atoms with Crippen molar-refractivity contribution in [3.63, 3.8) is 0 Å². The fourth-order valence-corrected chi connectivity index (χ4v) is 2.48. The lowest BCUT2D eigenvalue weighted by atomic mass is 10.0. The number of nitrogens with one attached hydrogen (secondary N) is 1. The zero-order valence-electron chi connectivity index (χ0n) is 13.7. The van der Waals surface area contributed by atoms with E-state index in [1.54, 1.807) is 37.5 Å². The smallest absolute Gasteiger partial charge is 0.322 e. The van der Waals surface area contributed by atoms with E-state index < -0.39 is 6.18 Å². The molecule has 0 saturated carbocycles. The molecule has 132 valence electrons. The summed E-state index contributed by atoms with van der Waals surface area (Å²) in [5.74, 6) is -0.350. The summed E-state index contributed by atoms with van der Waals surface area (Å²) in [4.78, 5) is 20.8. The number of allylic oxidation sites excluding steroid dienone is 1. The molecule has 1 amide bonds. The van der Waals surface area contributed by atoms with E-state index in [4.69, 9.17) is 0 Å². The molecule has 0 unspecified atom stereocenters. The Morgan fingerprint density at radius 3 is 2.46 bits per heavy atom.